The van der Waals surface area contributed by atoms with Gasteiger partial charge in [0.05, 0.1) is 6.26 Å². The van der Waals surface area contributed by atoms with Gasteiger partial charge in [-0.1, -0.05) is 6.07 Å². The second kappa shape index (κ2) is 7.04. The highest BCUT2D eigenvalue weighted by atomic mass is 16.5. The average molecular weight is 307 g/mol. The third kappa shape index (κ3) is 4.28. The normalized spacial score (nSPS) is 10.6. The van der Waals surface area contributed by atoms with Gasteiger partial charge in [0.2, 0.25) is 5.91 Å². The molecule has 3 rings (SSSR count). The smallest absolute Gasteiger partial charge is 0.321 e. The van der Waals surface area contributed by atoms with Crippen molar-refractivity contribution in [2.75, 3.05) is 5.32 Å². The van der Waals surface area contributed by atoms with Crippen LogP contribution in [0.15, 0.2) is 71.6 Å². The maximum absolute atomic E-state index is 11.9. The topological polar surface area (TPSA) is 77.2 Å². The number of nitrogens with zero attached hydrogens (tertiary/aromatic N) is 2. The summed E-state index contributed by atoms with van der Waals surface area (Å²) in [5.41, 5.74) is 0.604. The molecule has 0 aliphatic carbocycles. The Morgan fingerprint density at radius 2 is 2.00 bits per heavy atom. The molecule has 0 aliphatic heterocycles. The average Bonchev–Trinajstić information content (AvgIpc) is 3.08. The fraction of sp³-hybridized carbons (Fsp3) is 0. The van der Waals surface area contributed by atoms with Crippen LogP contribution in [0.5, 0.6) is 11.8 Å². The summed E-state index contributed by atoms with van der Waals surface area (Å²) in [6, 6.07) is 12.4. The van der Waals surface area contributed by atoms with Crippen molar-refractivity contribution in [3.63, 3.8) is 0 Å². The molecule has 0 saturated heterocycles. The maximum atomic E-state index is 11.9. The molecule has 1 N–H and O–H groups in total. The minimum absolute atomic E-state index is 0.244. The Kier molecular flexibility index (Phi) is 4.44. The van der Waals surface area contributed by atoms with Crippen LogP contribution in [0.4, 0.5) is 5.69 Å². The highest BCUT2D eigenvalue weighted by Gasteiger charge is 2.03. The molecule has 6 nitrogen and oxygen atoms in total. The van der Waals surface area contributed by atoms with Gasteiger partial charge in [-0.25, -0.2) is 9.97 Å². The lowest BCUT2D eigenvalue weighted by Crippen LogP contribution is -2.07. The van der Waals surface area contributed by atoms with E-state index in [4.69, 9.17) is 9.15 Å². The number of anilines is 1. The van der Waals surface area contributed by atoms with Gasteiger partial charge in [0, 0.05) is 30.2 Å². The van der Waals surface area contributed by atoms with Crippen LogP contribution in [0.25, 0.3) is 6.08 Å². The Morgan fingerprint density at radius 3 is 2.78 bits per heavy atom. The van der Waals surface area contributed by atoms with Crippen LogP contribution in [-0.4, -0.2) is 15.9 Å². The molecule has 23 heavy (non-hydrogen) atoms. The number of carbonyl (C=O) groups is 1. The zero-order chi connectivity index (χ0) is 15.9. The van der Waals surface area contributed by atoms with Crippen LogP contribution < -0.4 is 10.1 Å². The van der Waals surface area contributed by atoms with E-state index < -0.39 is 0 Å². The zero-order valence-electron chi connectivity index (χ0n) is 12.0. The fourth-order valence-corrected chi connectivity index (χ4v) is 1.81. The molecule has 114 valence electrons. The number of aromatic nitrogens is 2. The standard InChI is InChI=1S/C17H13N3O3/c21-16(8-7-14-6-2-11-22-14)20-13-4-1-5-15(12-13)23-17-18-9-3-10-19-17/h1-12H,(H,20,21). The SMILES string of the molecule is O=C(C=Cc1ccco1)Nc1cccc(Oc2ncccn2)c1. The van der Waals surface area contributed by atoms with Crippen molar-refractivity contribution < 1.29 is 13.9 Å². The molecular formula is C17H13N3O3. The first kappa shape index (κ1) is 14.5. The number of ether oxygens (including phenoxy) is 1. The van der Waals surface area contributed by atoms with E-state index in [0.717, 1.165) is 0 Å². The molecule has 0 fully saturated rings. The quantitative estimate of drug-likeness (QED) is 0.730. The lowest BCUT2D eigenvalue weighted by Gasteiger charge is -2.06. The summed E-state index contributed by atoms with van der Waals surface area (Å²) in [6.07, 6.45) is 7.71. The summed E-state index contributed by atoms with van der Waals surface area (Å²) in [5, 5.41) is 2.74. The van der Waals surface area contributed by atoms with Gasteiger partial charge in [0.1, 0.15) is 11.5 Å². The summed E-state index contributed by atoms with van der Waals surface area (Å²) in [7, 11) is 0. The molecule has 0 aliphatic rings. The highest BCUT2D eigenvalue weighted by molar-refractivity contribution is 6.01. The summed E-state index contributed by atoms with van der Waals surface area (Å²) < 4.78 is 10.6. The van der Waals surface area contributed by atoms with Crippen LogP contribution in [0.3, 0.4) is 0 Å². The molecule has 2 heterocycles. The van der Waals surface area contributed by atoms with E-state index in [1.807, 2.05) is 0 Å². The molecule has 0 saturated carbocycles. The van der Waals surface area contributed by atoms with Crippen LogP contribution in [-0.2, 0) is 4.79 Å². The minimum atomic E-state index is -0.269. The summed E-state index contributed by atoms with van der Waals surface area (Å²) in [5.74, 6) is 0.872. The molecule has 6 heteroatoms. The minimum Gasteiger partial charge on any atom is -0.465 e. The number of hydrogen-bond donors (Lipinski definition) is 1. The maximum Gasteiger partial charge on any atom is 0.321 e. The molecule has 3 aromatic rings. The van der Waals surface area contributed by atoms with Gasteiger partial charge in [0.15, 0.2) is 0 Å². The number of hydrogen-bond acceptors (Lipinski definition) is 5. The first-order valence-electron chi connectivity index (χ1n) is 6.87. The van der Waals surface area contributed by atoms with E-state index in [2.05, 4.69) is 15.3 Å². The van der Waals surface area contributed by atoms with Gasteiger partial charge < -0.3 is 14.5 Å². The van der Waals surface area contributed by atoms with Crippen LogP contribution in [0.2, 0.25) is 0 Å². The third-order valence-electron chi connectivity index (χ3n) is 2.79. The molecule has 0 radical (unpaired) electrons. The summed E-state index contributed by atoms with van der Waals surface area (Å²) in [4.78, 5) is 19.8. The van der Waals surface area contributed by atoms with E-state index in [1.54, 1.807) is 67.2 Å². The number of rotatable bonds is 5. The number of amides is 1. The van der Waals surface area contributed by atoms with Crippen molar-refractivity contribution in [1.29, 1.82) is 0 Å². The number of nitrogens with one attached hydrogen (secondary N) is 1. The van der Waals surface area contributed by atoms with E-state index in [-0.39, 0.29) is 11.9 Å². The van der Waals surface area contributed by atoms with E-state index in [9.17, 15) is 4.79 Å². The van der Waals surface area contributed by atoms with Crippen molar-refractivity contribution in [3.8, 4) is 11.8 Å². The van der Waals surface area contributed by atoms with Crippen molar-refractivity contribution in [3.05, 3.63) is 73.0 Å². The lowest BCUT2D eigenvalue weighted by atomic mass is 10.3. The van der Waals surface area contributed by atoms with E-state index in [0.29, 0.717) is 17.2 Å². The second-order valence-corrected chi connectivity index (χ2v) is 4.50. The molecule has 0 unspecified atom stereocenters. The monoisotopic (exact) mass is 307 g/mol. The van der Waals surface area contributed by atoms with Gasteiger partial charge in [-0.3, -0.25) is 4.79 Å². The molecule has 1 amide bonds. The van der Waals surface area contributed by atoms with Crippen molar-refractivity contribution in [2.24, 2.45) is 0 Å². The Labute approximate surface area is 132 Å². The molecule has 0 bridgehead atoms. The number of benzene rings is 1. The van der Waals surface area contributed by atoms with Crippen LogP contribution in [0.1, 0.15) is 5.76 Å². The predicted molar refractivity (Wildman–Crippen MR) is 84.9 cm³/mol. The molecule has 2 aromatic heterocycles. The molecule has 0 atom stereocenters. The first-order chi connectivity index (χ1) is 11.3. The van der Waals surface area contributed by atoms with Gasteiger partial charge >= 0.3 is 6.01 Å². The third-order valence-corrected chi connectivity index (χ3v) is 2.79. The van der Waals surface area contributed by atoms with Gasteiger partial charge in [-0.05, 0) is 36.4 Å². The second-order valence-electron chi connectivity index (χ2n) is 4.50. The van der Waals surface area contributed by atoms with E-state index >= 15 is 0 Å². The van der Waals surface area contributed by atoms with Crippen molar-refractivity contribution in [2.45, 2.75) is 0 Å². The van der Waals surface area contributed by atoms with Gasteiger partial charge in [0.25, 0.3) is 0 Å². The predicted octanol–water partition coefficient (Wildman–Crippen LogP) is 3.51. The Morgan fingerprint density at radius 1 is 1.13 bits per heavy atom. The van der Waals surface area contributed by atoms with Crippen molar-refractivity contribution in [1.82, 2.24) is 9.97 Å². The Hall–Kier alpha value is -3.41. The Bertz CT molecular complexity index is 799. The largest absolute Gasteiger partial charge is 0.465 e. The van der Waals surface area contributed by atoms with Crippen LogP contribution >= 0.6 is 0 Å². The first-order valence-corrected chi connectivity index (χ1v) is 6.87. The lowest BCUT2D eigenvalue weighted by molar-refractivity contribution is -0.111. The Balaban J connectivity index is 1.64. The molecule has 0 spiro atoms. The summed E-state index contributed by atoms with van der Waals surface area (Å²) in [6.45, 7) is 0. The van der Waals surface area contributed by atoms with Gasteiger partial charge in [-0.15, -0.1) is 0 Å². The summed E-state index contributed by atoms with van der Waals surface area (Å²) >= 11 is 0. The number of carbonyl (C=O) groups excluding carboxylic acids is 1. The number of furan rings is 1. The molecular weight excluding hydrogens is 294 g/mol. The fourth-order valence-electron chi connectivity index (χ4n) is 1.81. The zero-order valence-corrected chi connectivity index (χ0v) is 12.0. The van der Waals surface area contributed by atoms with Crippen LogP contribution in [0, 0.1) is 0 Å². The molecule has 1 aromatic carbocycles. The highest BCUT2D eigenvalue weighted by Crippen LogP contribution is 2.21. The van der Waals surface area contributed by atoms with Crippen molar-refractivity contribution >= 4 is 17.7 Å². The van der Waals surface area contributed by atoms with Gasteiger partial charge in [-0.2, -0.15) is 0 Å². The van der Waals surface area contributed by atoms with E-state index in [1.165, 1.54) is 6.08 Å².